The summed E-state index contributed by atoms with van der Waals surface area (Å²) in [6.45, 7) is 1.91. The van der Waals surface area contributed by atoms with Gasteiger partial charge in [-0.2, -0.15) is 5.10 Å². The fraction of sp³-hybridized carbons (Fsp3) is 0.174. The summed E-state index contributed by atoms with van der Waals surface area (Å²) in [4.78, 5) is 22.0. The molecule has 5 aromatic rings. The van der Waals surface area contributed by atoms with Crippen molar-refractivity contribution in [2.45, 2.75) is 25.0 Å². The van der Waals surface area contributed by atoms with Crippen LogP contribution in [0.15, 0.2) is 60.4 Å². The van der Waals surface area contributed by atoms with Gasteiger partial charge in [0.05, 0.1) is 44.7 Å². The van der Waals surface area contributed by atoms with Gasteiger partial charge in [0.1, 0.15) is 11.4 Å². The van der Waals surface area contributed by atoms with Crippen molar-refractivity contribution in [1.82, 2.24) is 28.9 Å². The highest BCUT2D eigenvalue weighted by Gasteiger charge is 2.37. The molecule has 0 spiro atoms. The van der Waals surface area contributed by atoms with Crippen molar-refractivity contribution in [2.75, 3.05) is 5.32 Å². The summed E-state index contributed by atoms with van der Waals surface area (Å²) >= 11 is 0.356. The first-order valence-electron chi connectivity index (χ1n) is 10.7. The van der Waals surface area contributed by atoms with Gasteiger partial charge in [-0.3, -0.25) is 4.79 Å². The van der Waals surface area contributed by atoms with Crippen LogP contribution in [0, 0.1) is 6.92 Å². The van der Waals surface area contributed by atoms with Crippen LogP contribution in [0.1, 0.15) is 29.0 Å². The summed E-state index contributed by atoms with van der Waals surface area (Å²) in [5.41, 5.74) is 5.92. The minimum absolute atomic E-state index is 0.152. The van der Waals surface area contributed by atoms with Crippen LogP contribution in [-0.2, 0) is 11.4 Å². The zero-order chi connectivity index (χ0) is 23.2. The second-order valence-electron chi connectivity index (χ2n) is 8.06. The van der Waals surface area contributed by atoms with E-state index in [1.54, 1.807) is 28.3 Å². The summed E-state index contributed by atoms with van der Waals surface area (Å²) < 4.78 is 16.4. The lowest BCUT2D eigenvalue weighted by Gasteiger charge is -2.07. The molecular formula is C23H19N7O2S2. The highest BCUT2D eigenvalue weighted by Crippen LogP contribution is 2.31. The van der Waals surface area contributed by atoms with Crippen molar-refractivity contribution in [3.8, 4) is 17.1 Å². The van der Waals surface area contributed by atoms with Gasteiger partial charge in [0.2, 0.25) is 0 Å². The Balaban J connectivity index is 1.35. The third kappa shape index (κ3) is 3.98. The summed E-state index contributed by atoms with van der Waals surface area (Å²) in [5, 5.41) is 11.7. The summed E-state index contributed by atoms with van der Waals surface area (Å²) in [5.74, 6) is 0.231. The number of anilines is 1. The molecule has 34 heavy (non-hydrogen) atoms. The highest BCUT2D eigenvalue weighted by molar-refractivity contribution is 7.90. The third-order valence-corrected chi connectivity index (χ3v) is 7.87. The van der Waals surface area contributed by atoms with Gasteiger partial charge in [-0.25, -0.2) is 14.6 Å². The molecule has 1 fully saturated rings. The van der Waals surface area contributed by atoms with Gasteiger partial charge in [-0.1, -0.05) is 16.2 Å². The number of amides is 1. The number of hydrogen-bond donors (Lipinski definition) is 1. The predicted molar refractivity (Wildman–Crippen MR) is 131 cm³/mol. The predicted octanol–water partition coefficient (Wildman–Crippen LogP) is 3.98. The monoisotopic (exact) mass is 489 g/mol. The number of nitrogens with one attached hydrogen (secondary N) is 1. The number of carbonyl (C=O) groups excluding carboxylic acids is 1. The summed E-state index contributed by atoms with van der Waals surface area (Å²) in [6, 6.07) is 13.4. The first kappa shape index (κ1) is 21.0. The smallest absolute Gasteiger partial charge is 0.276 e. The van der Waals surface area contributed by atoms with Crippen LogP contribution in [0.2, 0.25) is 0 Å². The normalized spacial score (nSPS) is 14.4. The van der Waals surface area contributed by atoms with Gasteiger partial charge in [-0.05, 0) is 37.3 Å². The molecule has 0 saturated heterocycles. The first-order chi connectivity index (χ1) is 16.5. The molecule has 1 aromatic carbocycles. The fourth-order valence-electron chi connectivity index (χ4n) is 3.62. The minimum atomic E-state index is -1.20. The van der Waals surface area contributed by atoms with Crippen LogP contribution < -0.4 is 5.32 Å². The lowest BCUT2D eigenvalue weighted by atomic mass is 10.1. The van der Waals surface area contributed by atoms with Crippen molar-refractivity contribution in [3.63, 3.8) is 0 Å². The highest BCUT2D eigenvalue weighted by atomic mass is 32.2. The quantitative estimate of drug-likeness (QED) is 0.361. The van der Waals surface area contributed by atoms with Gasteiger partial charge in [0.25, 0.3) is 5.91 Å². The Kier molecular flexibility index (Phi) is 5.16. The molecule has 0 bridgehead atoms. The molecule has 1 aliphatic carbocycles. The van der Waals surface area contributed by atoms with Crippen molar-refractivity contribution in [1.29, 1.82) is 0 Å². The standard InChI is InChI=1S/C23H19N7O2S2/c1-14-3-2-4-22(26-14)30-20(15-5-8-18-21(9-15)33-13-24-18)10-19(28-30)23(31)27-16-11-25-29(12-16)34(32)17-6-7-17/h2-5,8-13,17H,6-7H2,1H3,(H,27,31). The SMILES string of the molecule is Cc1cccc(-n2nc(C(=O)Nc3cnn([S+]([O-])C4CC4)c3)cc2-c2ccc3ncsc3c2)n1. The Morgan fingerprint density at radius 2 is 2.12 bits per heavy atom. The number of pyridine rings is 1. The molecule has 6 rings (SSSR count). The topological polar surface area (TPSA) is 114 Å². The average molecular weight is 490 g/mol. The van der Waals surface area contributed by atoms with Crippen LogP contribution in [0.5, 0.6) is 0 Å². The van der Waals surface area contributed by atoms with Crippen LogP contribution in [0.25, 0.3) is 27.3 Å². The molecule has 1 unspecified atom stereocenters. The molecule has 170 valence electrons. The maximum Gasteiger partial charge on any atom is 0.276 e. The molecule has 4 heterocycles. The van der Waals surface area contributed by atoms with E-state index < -0.39 is 11.4 Å². The number of rotatable bonds is 6. The van der Waals surface area contributed by atoms with Gasteiger partial charge in [0, 0.05) is 24.1 Å². The van der Waals surface area contributed by atoms with Crippen molar-refractivity contribution < 1.29 is 9.35 Å². The van der Waals surface area contributed by atoms with E-state index >= 15 is 0 Å². The van der Waals surface area contributed by atoms with E-state index in [2.05, 4.69) is 25.5 Å². The number of hydrogen-bond acceptors (Lipinski definition) is 7. The molecule has 1 N–H and O–H groups in total. The molecule has 0 radical (unpaired) electrons. The van der Waals surface area contributed by atoms with Crippen LogP contribution in [0.4, 0.5) is 5.69 Å². The maximum absolute atomic E-state index is 13.1. The second-order valence-corrected chi connectivity index (χ2v) is 10.5. The lowest BCUT2D eigenvalue weighted by Crippen LogP contribution is -2.18. The van der Waals surface area contributed by atoms with Crippen molar-refractivity contribution >= 4 is 44.5 Å². The third-order valence-electron chi connectivity index (χ3n) is 5.47. The van der Waals surface area contributed by atoms with E-state index in [1.165, 1.54) is 10.3 Å². The molecule has 1 atom stereocenters. The van der Waals surface area contributed by atoms with E-state index in [9.17, 15) is 9.35 Å². The zero-order valence-electron chi connectivity index (χ0n) is 18.1. The Labute approximate surface area is 201 Å². The maximum atomic E-state index is 13.1. The number of aryl methyl sites for hydroxylation is 1. The first-order valence-corrected chi connectivity index (χ1v) is 12.7. The molecular weight excluding hydrogens is 470 g/mol. The summed E-state index contributed by atoms with van der Waals surface area (Å²) in [6.07, 6.45) is 4.96. The molecule has 4 aromatic heterocycles. The Bertz CT molecular complexity index is 1520. The van der Waals surface area contributed by atoms with Gasteiger partial charge in [0.15, 0.2) is 11.5 Å². The van der Waals surface area contributed by atoms with Gasteiger partial charge in [-0.15, -0.1) is 16.4 Å². The van der Waals surface area contributed by atoms with E-state index in [-0.39, 0.29) is 16.9 Å². The second kappa shape index (κ2) is 8.35. The molecule has 0 aliphatic heterocycles. The number of carbonyl (C=O) groups is 1. The molecule has 1 amide bonds. The molecule has 1 aliphatic rings. The fourth-order valence-corrected chi connectivity index (χ4v) is 5.54. The van der Waals surface area contributed by atoms with Crippen molar-refractivity contribution in [2.24, 2.45) is 0 Å². The van der Waals surface area contributed by atoms with Crippen molar-refractivity contribution in [3.05, 3.63) is 71.8 Å². The van der Waals surface area contributed by atoms with Gasteiger partial charge < -0.3 is 9.87 Å². The van der Waals surface area contributed by atoms with E-state index in [0.717, 1.165) is 40.0 Å². The number of benzene rings is 1. The lowest BCUT2D eigenvalue weighted by molar-refractivity contribution is 0.102. The van der Waals surface area contributed by atoms with E-state index in [4.69, 9.17) is 0 Å². The number of nitrogens with zero attached hydrogens (tertiary/aromatic N) is 6. The molecule has 11 heteroatoms. The number of fused-ring (bicyclic) bond motifs is 1. The average Bonchev–Trinajstić information content (AvgIpc) is 3.22. The minimum Gasteiger partial charge on any atom is -0.591 e. The Morgan fingerprint density at radius 3 is 2.94 bits per heavy atom. The zero-order valence-corrected chi connectivity index (χ0v) is 19.7. The van der Waals surface area contributed by atoms with Crippen LogP contribution in [-0.4, -0.2) is 44.6 Å². The number of aromatic nitrogens is 6. The van der Waals surface area contributed by atoms with E-state index in [1.807, 2.05) is 48.8 Å². The molecule has 1 saturated carbocycles. The van der Waals surface area contributed by atoms with Crippen LogP contribution >= 0.6 is 11.3 Å². The largest absolute Gasteiger partial charge is 0.591 e. The van der Waals surface area contributed by atoms with Gasteiger partial charge >= 0.3 is 0 Å². The summed E-state index contributed by atoms with van der Waals surface area (Å²) in [7, 11) is 0. The van der Waals surface area contributed by atoms with E-state index in [0.29, 0.717) is 11.5 Å². The Hall–Kier alpha value is -3.54. The molecule has 9 nitrogen and oxygen atoms in total. The number of thiazole rings is 1. The Morgan fingerprint density at radius 1 is 1.24 bits per heavy atom. The van der Waals surface area contributed by atoms with Crippen LogP contribution in [0.3, 0.4) is 0 Å².